The molecule has 3 fully saturated rings. The van der Waals surface area contributed by atoms with Gasteiger partial charge in [-0.3, -0.25) is 9.69 Å². The lowest BCUT2D eigenvalue weighted by Crippen LogP contribution is -2.52. The molecule has 11 heteroatoms. The predicted octanol–water partition coefficient (Wildman–Crippen LogP) is 3.08. The van der Waals surface area contributed by atoms with Crippen molar-refractivity contribution in [2.75, 3.05) is 36.5 Å². The van der Waals surface area contributed by atoms with Gasteiger partial charge in [0.05, 0.1) is 24.4 Å². The van der Waals surface area contributed by atoms with E-state index in [9.17, 15) is 15.0 Å². The minimum absolute atomic E-state index is 0.0766. The average Bonchev–Trinajstić information content (AvgIpc) is 3.61. The van der Waals surface area contributed by atoms with Crippen molar-refractivity contribution in [1.29, 1.82) is 0 Å². The highest BCUT2D eigenvalue weighted by Crippen LogP contribution is 2.42. The number of pyridine rings is 2. The number of anilines is 3. The Labute approximate surface area is 246 Å². The van der Waals surface area contributed by atoms with Crippen LogP contribution in [0, 0.1) is 0 Å². The third-order valence-electron chi connectivity index (χ3n) is 9.58. The Morgan fingerprint density at radius 2 is 1.88 bits per heavy atom. The molecule has 7 heterocycles. The molecule has 1 unspecified atom stereocenters. The van der Waals surface area contributed by atoms with Gasteiger partial charge >= 0.3 is 0 Å². The largest absolute Gasteiger partial charge is 0.395 e. The first kappa shape index (κ1) is 27.4. The second-order valence-corrected chi connectivity index (χ2v) is 12.3. The number of β-amino-alcohol motifs (C(OH)–C–C–N with tert-alkyl or cyclic N) is 1. The quantitative estimate of drug-likeness (QED) is 0.388. The van der Waals surface area contributed by atoms with Crippen LogP contribution >= 0.6 is 0 Å². The van der Waals surface area contributed by atoms with Crippen LogP contribution in [-0.4, -0.2) is 90.2 Å². The second kappa shape index (κ2) is 11.3. The molecular weight excluding hydrogens is 532 g/mol. The van der Waals surface area contributed by atoms with Crippen LogP contribution < -0.4 is 10.2 Å². The number of hydrogen-bond acceptors (Lipinski definition) is 10. The van der Waals surface area contributed by atoms with Gasteiger partial charge in [-0.15, -0.1) is 0 Å². The number of aliphatic hydroxyl groups excluding tert-OH is 2. The van der Waals surface area contributed by atoms with E-state index in [4.69, 9.17) is 15.0 Å². The van der Waals surface area contributed by atoms with Gasteiger partial charge < -0.3 is 25.3 Å². The van der Waals surface area contributed by atoms with E-state index in [1.54, 1.807) is 13.1 Å². The third-order valence-corrected chi connectivity index (χ3v) is 9.58. The van der Waals surface area contributed by atoms with Gasteiger partial charge in [-0.05, 0) is 69.7 Å². The average molecular weight is 573 g/mol. The van der Waals surface area contributed by atoms with Crippen molar-refractivity contribution < 1.29 is 15.0 Å². The first-order chi connectivity index (χ1) is 20.5. The molecule has 1 amide bonds. The van der Waals surface area contributed by atoms with Crippen LogP contribution in [0.2, 0.25) is 0 Å². The first-order valence-corrected chi connectivity index (χ1v) is 15.5. The summed E-state index contributed by atoms with van der Waals surface area (Å²) in [5.41, 5.74) is 3.48. The highest BCUT2D eigenvalue weighted by atomic mass is 16.3. The van der Waals surface area contributed by atoms with E-state index < -0.39 is 6.10 Å². The van der Waals surface area contributed by atoms with Gasteiger partial charge in [0.2, 0.25) is 11.9 Å². The van der Waals surface area contributed by atoms with Gasteiger partial charge in [0, 0.05) is 55.4 Å². The van der Waals surface area contributed by atoms with Gasteiger partial charge in [-0.25, -0.2) is 19.9 Å². The van der Waals surface area contributed by atoms with E-state index in [0.29, 0.717) is 55.6 Å². The number of amides is 1. The Morgan fingerprint density at radius 3 is 2.64 bits per heavy atom. The summed E-state index contributed by atoms with van der Waals surface area (Å²) < 4.78 is 0. The Bertz CT molecular complexity index is 1460. The van der Waals surface area contributed by atoms with Crippen molar-refractivity contribution in [2.45, 2.75) is 89.1 Å². The molecule has 2 atom stereocenters. The molecule has 3 N–H and O–H groups in total. The topological polar surface area (TPSA) is 131 Å². The van der Waals surface area contributed by atoms with Crippen LogP contribution in [0.3, 0.4) is 0 Å². The fourth-order valence-corrected chi connectivity index (χ4v) is 7.42. The van der Waals surface area contributed by atoms with E-state index in [-0.39, 0.29) is 18.6 Å². The Hall–Kier alpha value is -3.41. The molecular formula is C31H40N8O3. The van der Waals surface area contributed by atoms with E-state index >= 15 is 0 Å². The number of likely N-dealkylation sites (tertiary alicyclic amines) is 1. The molecule has 3 saturated heterocycles. The van der Waals surface area contributed by atoms with E-state index in [1.165, 1.54) is 25.7 Å². The van der Waals surface area contributed by atoms with Crippen molar-refractivity contribution in [2.24, 2.45) is 0 Å². The Balaban J connectivity index is 1.10. The second-order valence-electron chi connectivity index (χ2n) is 12.3. The summed E-state index contributed by atoms with van der Waals surface area (Å²) in [5, 5.41) is 23.9. The summed E-state index contributed by atoms with van der Waals surface area (Å²) in [5.74, 6) is 2.14. The molecule has 3 aromatic heterocycles. The summed E-state index contributed by atoms with van der Waals surface area (Å²) in [6, 6.07) is 6.66. The number of aromatic nitrogens is 4. The molecule has 4 aliphatic rings. The standard InChI is InChI=1S/C31H40N8O3/c1-19(41)25-16-21-17-32-31(36-28(21)29(34-25)39-22-6-7-23(39)9-8-22)35-27-10-5-20-18-38(13-11-24(20)33-27)30(42)26-4-2-3-12-37(26)14-15-40/h5,10,16-17,19,22-23,26,40-41H,2-4,6-9,11-15,18H2,1H3,(H,32,33,35,36)/t19?,22?,23?,26-/m1/s1. The normalized spacial score (nSPS) is 24.7. The van der Waals surface area contributed by atoms with Crippen molar-refractivity contribution in [3.63, 3.8) is 0 Å². The molecule has 2 bridgehead atoms. The molecule has 42 heavy (non-hydrogen) atoms. The summed E-state index contributed by atoms with van der Waals surface area (Å²) in [6.07, 6.45) is 9.49. The number of hydrogen-bond donors (Lipinski definition) is 3. The molecule has 0 radical (unpaired) electrons. The van der Waals surface area contributed by atoms with Gasteiger partial charge in [0.1, 0.15) is 11.3 Å². The van der Waals surface area contributed by atoms with Crippen molar-refractivity contribution in [1.82, 2.24) is 29.7 Å². The Kier molecular flexibility index (Phi) is 7.41. The summed E-state index contributed by atoms with van der Waals surface area (Å²) in [4.78, 5) is 39.2. The summed E-state index contributed by atoms with van der Waals surface area (Å²) in [7, 11) is 0. The lowest BCUT2D eigenvalue weighted by molar-refractivity contribution is -0.139. The van der Waals surface area contributed by atoms with Crippen LogP contribution in [0.1, 0.15) is 74.9 Å². The number of aliphatic hydroxyl groups is 2. The first-order valence-electron chi connectivity index (χ1n) is 15.5. The monoisotopic (exact) mass is 572 g/mol. The highest BCUT2D eigenvalue weighted by molar-refractivity contribution is 5.90. The SMILES string of the molecule is CC(O)c1cc2cnc(Nc3ccc4c(n3)CCN(C(=O)[C@H]3CCCCN3CCO)C4)nc2c(N2C3CCC2CC3)n1. The molecule has 0 spiro atoms. The maximum Gasteiger partial charge on any atom is 0.240 e. The van der Waals surface area contributed by atoms with Crippen LogP contribution in [-0.2, 0) is 17.8 Å². The van der Waals surface area contributed by atoms with Crippen LogP contribution in [0.5, 0.6) is 0 Å². The number of nitrogens with zero attached hydrogens (tertiary/aromatic N) is 7. The lowest BCUT2D eigenvalue weighted by atomic mass is 9.98. The number of nitrogens with one attached hydrogen (secondary N) is 1. The summed E-state index contributed by atoms with van der Waals surface area (Å²) >= 11 is 0. The maximum absolute atomic E-state index is 13.4. The predicted molar refractivity (Wildman–Crippen MR) is 159 cm³/mol. The smallest absolute Gasteiger partial charge is 0.240 e. The highest BCUT2D eigenvalue weighted by Gasteiger charge is 2.41. The maximum atomic E-state index is 13.4. The van der Waals surface area contributed by atoms with Crippen LogP contribution in [0.4, 0.5) is 17.6 Å². The van der Waals surface area contributed by atoms with E-state index in [0.717, 1.165) is 53.8 Å². The van der Waals surface area contributed by atoms with E-state index in [2.05, 4.69) is 20.1 Å². The van der Waals surface area contributed by atoms with Gasteiger partial charge in [0.15, 0.2) is 5.82 Å². The molecule has 0 saturated carbocycles. The fourth-order valence-electron chi connectivity index (χ4n) is 7.42. The zero-order valence-electron chi connectivity index (χ0n) is 24.2. The molecule has 0 aliphatic carbocycles. The molecule has 3 aromatic rings. The molecule has 4 aliphatic heterocycles. The van der Waals surface area contributed by atoms with Gasteiger partial charge in [0.25, 0.3) is 0 Å². The summed E-state index contributed by atoms with van der Waals surface area (Å²) in [6.45, 7) is 4.42. The number of piperidine rings is 1. The zero-order valence-corrected chi connectivity index (χ0v) is 24.2. The number of carbonyl (C=O) groups excluding carboxylic acids is 1. The van der Waals surface area contributed by atoms with Crippen molar-refractivity contribution in [3.05, 3.63) is 41.3 Å². The Morgan fingerprint density at radius 1 is 1.07 bits per heavy atom. The lowest BCUT2D eigenvalue weighted by Gasteiger charge is -2.38. The zero-order chi connectivity index (χ0) is 28.8. The number of carbonyl (C=O) groups is 1. The minimum Gasteiger partial charge on any atom is -0.395 e. The molecule has 222 valence electrons. The number of rotatable bonds is 7. The van der Waals surface area contributed by atoms with Crippen molar-refractivity contribution in [3.8, 4) is 0 Å². The molecule has 7 rings (SSSR count). The van der Waals surface area contributed by atoms with Gasteiger partial charge in [-0.1, -0.05) is 12.5 Å². The number of fused-ring (bicyclic) bond motifs is 4. The van der Waals surface area contributed by atoms with Crippen molar-refractivity contribution >= 4 is 34.4 Å². The third kappa shape index (κ3) is 5.07. The molecule has 0 aromatic carbocycles. The van der Waals surface area contributed by atoms with Crippen LogP contribution in [0.25, 0.3) is 10.9 Å². The fraction of sp³-hybridized carbons (Fsp3) is 0.581. The molecule has 11 nitrogen and oxygen atoms in total. The van der Waals surface area contributed by atoms with Crippen LogP contribution in [0.15, 0.2) is 24.4 Å². The van der Waals surface area contributed by atoms with Gasteiger partial charge in [-0.2, -0.15) is 0 Å². The van der Waals surface area contributed by atoms with E-state index in [1.807, 2.05) is 23.1 Å². The minimum atomic E-state index is -0.667.